The lowest BCUT2D eigenvalue weighted by Gasteiger charge is -2.42. The Labute approximate surface area is 102 Å². The molecule has 2 rings (SSSR count). The van der Waals surface area contributed by atoms with Crippen molar-refractivity contribution in [1.29, 1.82) is 0 Å². The summed E-state index contributed by atoms with van der Waals surface area (Å²) in [5.74, 6) is 0.892. The first-order chi connectivity index (χ1) is 7.74. The molecule has 88 valence electrons. The molecule has 1 aromatic rings. The van der Waals surface area contributed by atoms with E-state index in [-0.39, 0.29) is 5.60 Å². The Morgan fingerprint density at radius 2 is 2.25 bits per heavy atom. The molecule has 1 aliphatic rings. The lowest BCUT2D eigenvalue weighted by atomic mass is 9.77. The average molecular weight is 240 g/mol. The SMILES string of the molecule is CNCCC1(Oc2cccc(Cl)c2)CCC1. The molecule has 0 amide bonds. The van der Waals surface area contributed by atoms with Gasteiger partial charge < -0.3 is 10.1 Å². The number of rotatable bonds is 5. The summed E-state index contributed by atoms with van der Waals surface area (Å²) < 4.78 is 6.10. The molecule has 2 nitrogen and oxygen atoms in total. The van der Waals surface area contributed by atoms with E-state index in [9.17, 15) is 0 Å². The van der Waals surface area contributed by atoms with Crippen LogP contribution < -0.4 is 10.1 Å². The first-order valence-corrected chi connectivity index (χ1v) is 6.21. The van der Waals surface area contributed by atoms with Crippen LogP contribution in [0.3, 0.4) is 0 Å². The fraction of sp³-hybridized carbons (Fsp3) is 0.538. The molecule has 0 atom stereocenters. The molecule has 3 heteroatoms. The third kappa shape index (κ3) is 2.69. The van der Waals surface area contributed by atoms with E-state index in [1.807, 2.05) is 31.3 Å². The first-order valence-electron chi connectivity index (χ1n) is 5.83. The van der Waals surface area contributed by atoms with Gasteiger partial charge in [-0.25, -0.2) is 0 Å². The van der Waals surface area contributed by atoms with Crippen molar-refractivity contribution in [2.75, 3.05) is 13.6 Å². The fourth-order valence-corrected chi connectivity index (χ4v) is 2.29. The van der Waals surface area contributed by atoms with Gasteiger partial charge in [-0.3, -0.25) is 0 Å². The van der Waals surface area contributed by atoms with E-state index in [2.05, 4.69) is 5.32 Å². The Morgan fingerprint density at radius 1 is 1.44 bits per heavy atom. The number of halogens is 1. The van der Waals surface area contributed by atoms with E-state index >= 15 is 0 Å². The topological polar surface area (TPSA) is 21.3 Å². The number of hydrogen-bond donors (Lipinski definition) is 1. The second-order valence-corrected chi connectivity index (χ2v) is 4.89. The molecule has 1 aliphatic carbocycles. The Bertz CT molecular complexity index is 350. The summed E-state index contributed by atoms with van der Waals surface area (Å²) in [5.41, 5.74) is 0.0493. The molecule has 0 unspecified atom stereocenters. The Hall–Kier alpha value is -0.730. The molecule has 0 aliphatic heterocycles. The Balaban J connectivity index is 2.01. The molecular weight excluding hydrogens is 222 g/mol. The summed E-state index contributed by atoms with van der Waals surface area (Å²) in [4.78, 5) is 0. The summed E-state index contributed by atoms with van der Waals surface area (Å²) in [6.45, 7) is 1.00. The molecule has 0 heterocycles. The number of nitrogens with one attached hydrogen (secondary N) is 1. The van der Waals surface area contributed by atoms with Gasteiger partial charge in [0.25, 0.3) is 0 Å². The van der Waals surface area contributed by atoms with Crippen molar-refractivity contribution in [2.45, 2.75) is 31.3 Å². The van der Waals surface area contributed by atoms with E-state index in [0.717, 1.165) is 36.6 Å². The second kappa shape index (κ2) is 5.07. The molecule has 0 saturated heterocycles. The molecule has 0 aromatic heterocycles. The van der Waals surface area contributed by atoms with E-state index in [4.69, 9.17) is 16.3 Å². The van der Waals surface area contributed by atoms with Crippen molar-refractivity contribution in [3.05, 3.63) is 29.3 Å². The maximum Gasteiger partial charge on any atom is 0.121 e. The van der Waals surface area contributed by atoms with Crippen LogP contribution in [0.1, 0.15) is 25.7 Å². The van der Waals surface area contributed by atoms with Crippen LogP contribution in [0.25, 0.3) is 0 Å². The van der Waals surface area contributed by atoms with Crippen molar-refractivity contribution in [1.82, 2.24) is 5.32 Å². The van der Waals surface area contributed by atoms with E-state index < -0.39 is 0 Å². The summed E-state index contributed by atoms with van der Waals surface area (Å²) in [7, 11) is 1.98. The molecule has 0 spiro atoms. The van der Waals surface area contributed by atoms with Crippen LogP contribution in [0.5, 0.6) is 5.75 Å². The molecular formula is C13H18ClNO. The minimum Gasteiger partial charge on any atom is -0.487 e. The van der Waals surface area contributed by atoms with Crippen molar-refractivity contribution in [3.8, 4) is 5.75 Å². The predicted molar refractivity (Wildman–Crippen MR) is 67.2 cm³/mol. The van der Waals surface area contributed by atoms with Gasteiger partial charge in [-0.2, -0.15) is 0 Å². The molecule has 1 aromatic carbocycles. The van der Waals surface area contributed by atoms with Gasteiger partial charge in [-0.1, -0.05) is 17.7 Å². The van der Waals surface area contributed by atoms with Crippen LogP contribution in [-0.4, -0.2) is 19.2 Å². The zero-order chi connectivity index (χ0) is 11.4. The maximum atomic E-state index is 6.10. The molecule has 1 saturated carbocycles. The van der Waals surface area contributed by atoms with E-state index in [0.29, 0.717) is 0 Å². The first kappa shape index (κ1) is 11.7. The van der Waals surface area contributed by atoms with Crippen molar-refractivity contribution < 1.29 is 4.74 Å². The minimum atomic E-state index is 0.0493. The smallest absolute Gasteiger partial charge is 0.121 e. The van der Waals surface area contributed by atoms with Crippen LogP contribution in [0, 0.1) is 0 Å². The Kier molecular flexibility index (Phi) is 3.72. The van der Waals surface area contributed by atoms with Gasteiger partial charge in [0.1, 0.15) is 11.4 Å². The normalized spacial score (nSPS) is 17.9. The summed E-state index contributed by atoms with van der Waals surface area (Å²) in [5, 5.41) is 3.92. The van der Waals surface area contributed by atoms with Gasteiger partial charge in [0.15, 0.2) is 0 Å². The highest BCUT2D eigenvalue weighted by molar-refractivity contribution is 6.30. The fourth-order valence-electron chi connectivity index (χ4n) is 2.11. The standard InChI is InChI=1S/C13H18ClNO/c1-15-9-8-13(6-3-7-13)16-12-5-2-4-11(14)10-12/h2,4-5,10,15H,3,6-9H2,1H3. The van der Waals surface area contributed by atoms with Crippen LogP contribution in [0.2, 0.25) is 5.02 Å². The van der Waals surface area contributed by atoms with Gasteiger partial charge in [0, 0.05) is 5.02 Å². The van der Waals surface area contributed by atoms with E-state index in [1.54, 1.807) is 0 Å². The third-order valence-corrected chi connectivity index (χ3v) is 3.46. The summed E-state index contributed by atoms with van der Waals surface area (Å²) >= 11 is 5.95. The maximum absolute atomic E-state index is 6.10. The van der Waals surface area contributed by atoms with Gasteiger partial charge in [0.2, 0.25) is 0 Å². The predicted octanol–water partition coefficient (Wildman–Crippen LogP) is 3.25. The summed E-state index contributed by atoms with van der Waals surface area (Å²) in [6.07, 6.45) is 4.64. The average Bonchev–Trinajstić information content (AvgIpc) is 2.22. The van der Waals surface area contributed by atoms with Crippen molar-refractivity contribution >= 4 is 11.6 Å². The monoisotopic (exact) mass is 239 g/mol. The number of benzene rings is 1. The zero-order valence-corrected chi connectivity index (χ0v) is 10.4. The second-order valence-electron chi connectivity index (χ2n) is 4.45. The lowest BCUT2D eigenvalue weighted by Crippen LogP contribution is -2.45. The van der Waals surface area contributed by atoms with Crippen LogP contribution >= 0.6 is 11.6 Å². The van der Waals surface area contributed by atoms with Crippen molar-refractivity contribution in [2.24, 2.45) is 0 Å². The minimum absolute atomic E-state index is 0.0493. The summed E-state index contributed by atoms with van der Waals surface area (Å²) in [6, 6.07) is 7.67. The highest BCUT2D eigenvalue weighted by atomic mass is 35.5. The molecule has 1 fully saturated rings. The van der Waals surface area contributed by atoms with E-state index in [1.165, 1.54) is 6.42 Å². The Morgan fingerprint density at radius 3 is 2.81 bits per heavy atom. The van der Waals surface area contributed by atoms with Crippen LogP contribution in [-0.2, 0) is 0 Å². The molecule has 0 bridgehead atoms. The van der Waals surface area contributed by atoms with Gasteiger partial charge in [0.05, 0.1) is 0 Å². The van der Waals surface area contributed by atoms with Crippen LogP contribution in [0.15, 0.2) is 24.3 Å². The quantitative estimate of drug-likeness (QED) is 0.852. The molecule has 0 radical (unpaired) electrons. The molecule has 16 heavy (non-hydrogen) atoms. The van der Waals surface area contributed by atoms with Gasteiger partial charge in [-0.15, -0.1) is 0 Å². The largest absolute Gasteiger partial charge is 0.487 e. The zero-order valence-electron chi connectivity index (χ0n) is 9.63. The molecule has 1 N–H and O–H groups in total. The number of ether oxygens (including phenoxy) is 1. The lowest BCUT2D eigenvalue weighted by molar-refractivity contribution is -0.0138. The highest BCUT2D eigenvalue weighted by Gasteiger charge is 2.38. The van der Waals surface area contributed by atoms with Crippen molar-refractivity contribution in [3.63, 3.8) is 0 Å². The number of hydrogen-bond acceptors (Lipinski definition) is 2. The van der Waals surface area contributed by atoms with Gasteiger partial charge in [-0.05, 0) is 57.5 Å². The van der Waals surface area contributed by atoms with Gasteiger partial charge >= 0.3 is 0 Å². The third-order valence-electron chi connectivity index (χ3n) is 3.23. The highest BCUT2D eigenvalue weighted by Crippen LogP contribution is 2.39. The van der Waals surface area contributed by atoms with Crippen LogP contribution in [0.4, 0.5) is 0 Å².